The van der Waals surface area contributed by atoms with Crippen molar-refractivity contribution in [1.82, 2.24) is 5.32 Å². The van der Waals surface area contributed by atoms with Gasteiger partial charge in [0, 0.05) is 5.56 Å². The number of benzene rings is 5. The van der Waals surface area contributed by atoms with Gasteiger partial charge in [0.15, 0.2) is 5.17 Å². The van der Waals surface area contributed by atoms with Gasteiger partial charge in [0.1, 0.15) is 5.75 Å². The highest BCUT2D eigenvalue weighted by molar-refractivity contribution is 8.18. The van der Waals surface area contributed by atoms with Crippen molar-refractivity contribution in [1.29, 1.82) is 0 Å². The van der Waals surface area contributed by atoms with Crippen LogP contribution in [0.25, 0.3) is 27.6 Å². The van der Waals surface area contributed by atoms with Crippen LogP contribution in [0.4, 0.5) is 5.69 Å². The average molecular weight is 501 g/mol. The van der Waals surface area contributed by atoms with E-state index >= 15 is 0 Å². The Kier molecular flexibility index (Phi) is 6.00. The van der Waals surface area contributed by atoms with Gasteiger partial charge in [-0.05, 0) is 63.6 Å². The first-order chi connectivity index (χ1) is 18.2. The molecule has 0 aromatic heterocycles. The molecule has 6 heteroatoms. The minimum absolute atomic E-state index is 0.251. The first-order valence-electron chi connectivity index (χ1n) is 11.7. The quantitative estimate of drug-likeness (QED) is 0.162. The van der Waals surface area contributed by atoms with Gasteiger partial charge >= 0.3 is 5.97 Å². The van der Waals surface area contributed by atoms with Gasteiger partial charge in [-0.3, -0.25) is 4.79 Å². The van der Waals surface area contributed by atoms with Crippen molar-refractivity contribution >= 4 is 62.1 Å². The molecule has 1 aliphatic rings. The summed E-state index contributed by atoms with van der Waals surface area (Å²) in [5.74, 6) is -0.327. The summed E-state index contributed by atoms with van der Waals surface area (Å²) in [7, 11) is 0. The molecule has 0 radical (unpaired) electrons. The molecule has 5 aromatic carbocycles. The van der Waals surface area contributed by atoms with Crippen LogP contribution in [0.3, 0.4) is 0 Å². The van der Waals surface area contributed by atoms with Gasteiger partial charge in [-0.15, -0.1) is 0 Å². The fraction of sp³-hybridized carbons (Fsp3) is 0. The van der Waals surface area contributed by atoms with Crippen molar-refractivity contribution in [3.8, 4) is 5.75 Å². The number of esters is 1. The summed E-state index contributed by atoms with van der Waals surface area (Å²) < 4.78 is 5.96. The molecule has 5 aromatic rings. The molecule has 1 aliphatic heterocycles. The van der Waals surface area contributed by atoms with E-state index in [1.165, 1.54) is 11.8 Å². The van der Waals surface area contributed by atoms with Crippen molar-refractivity contribution in [2.45, 2.75) is 0 Å². The van der Waals surface area contributed by atoms with Gasteiger partial charge in [-0.1, -0.05) is 84.9 Å². The zero-order chi connectivity index (χ0) is 25.2. The Bertz CT molecular complexity index is 1740. The van der Waals surface area contributed by atoms with E-state index in [2.05, 4.69) is 10.3 Å². The number of thioether (sulfide) groups is 1. The van der Waals surface area contributed by atoms with Gasteiger partial charge in [0.25, 0.3) is 5.91 Å². The Labute approximate surface area is 217 Å². The van der Waals surface area contributed by atoms with E-state index in [1.807, 2.05) is 97.1 Å². The maximum absolute atomic E-state index is 13.3. The lowest BCUT2D eigenvalue weighted by Crippen LogP contribution is -2.19. The lowest BCUT2D eigenvalue weighted by atomic mass is 10.0. The summed E-state index contributed by atoms with van der Waals surface area (Å²) in [6, 6.07) is 34.2. The number of amidine groups is 1. The van der Waals surface area contributed by atoms with E-state index in [4.69, 9.17) is 4.74 Å². The number of rotatable bonds is 4. The Hall–Kier alpha value is -4.68. The molecule has 0 spiro atoms. The number of nitrogens with zero attached hydrogens (tertiary/aromatic N) is 1. The number of hydrogen-bond donors (Lipinski definition) is 1. The summed E-state index contributed by atoms with van der Waals surface area (Å²) in [6.45, 7) is 0. The minimum atomic E-state index is -0.457. The highest BCUT2D eigenvalue weighted by atomic mass is 32.2. The topological polar surface area (TPSA) is 67.8 Å². The van der Waals surface area contributed by atoms with Crippen LogP contribution in [-0.2, 0) is 4.79 Å². The zero-order valence-electron chi connectivity index (χ0n) is 19.5. The van der Waals surface area contributed by atoms with Gasteiger partial charge in [0.2, 0.25) is 0 Å². The van der Waals surface area contributed by atoms with Crippen molar-refractivity contribution < 1.29 is 14.3 Å². The lowest BCUT2D eigenvalue weighted by Gasteiger charge is -2.12. The normalized spacial score (nSPS) is 15.4. The molecule has 5 nitrogen and oxygen atoms in total. The maximum atomic E-state index is 13.3. The van der Waals surface area contributed by atoms with Crippen LogP contribution >= 0.6 is 11.8 Å². The molecule has 0 unspecified atom stereocenters. The summed E-state index contributed by atoms with van der Waals surface area (Å²) >= 11 is 1.25. The second-order valence-electron chi connectivity index (χ2n) is 8.43. The molecule has 1 N–H and O–H groups in total. The first kappa shape index (κ1) is 22.8. The molecule has 1 amide bonds. The van der Waals surface area contributed by atoms with E-state index < -0.39 is 5.97 Å². The third-order valence-corrected chi connectivity index (χ3v) is 6.97. The summed E-state index contributed by atoms with van der Waals surface area (Å²) in [4.78, 5) is 31.1. The van der Waals surface area contributed by atoms with Crippen LogP contribution in [0.2, 0.25) is 0 Å². The molecular formula is C31H20N2O3S. The monoisotopic (exact) mass is 500 g/mol. The predicted molar refractivity (Wildman–Crippen MR) is 150 cm³/mol. The molecule has 37 heavy (non-hydrogen) atoms. The summed E-state index contributed by atoms with van der Waals surface area (Å²) in [5, 5.41) is 6.95. The van der Waals surface area contributed by atoms with Crippen LogP contribution in [0, 0.1) is 0 Å². The maximum Gasteiger partial charge on any atom is 0.344 e. The molecular weight excluding hydrogens is 480 g/mol. The molecule has 0 bridgehead atoms. The second kappa shape index (κ2) is 9.76. The number of nitrogens with one attached hydrogen (secondary N) is 1. The summed E-state index contributed by atoms with van der Waals surface area (Å²) in [5.41, 5.74) is 1.89. The molecule has 0 saturated carbocycles. The van der Waals surface area contributed by atoms with Crippen molar-refractivity contribution in [3.63, 3.8) is 0 Å². The third kappa shape index (κ3) is 4.62. The van der Waals surface area contributed by atoms with E-state index in [9.17, 15) is 9.59 Å². The highest BCUT2D eigenvalue weighted by Crippen LogP contribution is 2.35. The highest BCUT2D eigenvalue weighted by Gasteiger charge is 2.25. The third-order valence-electron chi connectivity index (χ3n) is 6.06. The number of fused-ring (bicyclic) bond motifs is 2. The molecule has 0 atom stereocenters. The number of hydrogen-bond acceptors (Lipinski definition) is 5. The molecule has 6 rings (SSSR count). The van der Waals surface area contributed by atoms with E-state index in [0.717, 1.165) is 27.2 Å². The van der Waals surface area contributed by atoms with Crippen LogP contribution in [0.1, 0.15) is 15.9 Å². The van der Waals surface area contributed by atoms with Gasteiger partial charge in [-0.2, -0.15) is 0 Å². The van der Waals surface area contributed by atoms with E-state index in [1.54, 1.807) is 18.2 Å². The number of carbonyl (C=O) groups is 2. The Morgan fingerprint density at radius 2 is 1.43 bits per heavy atom. The molecule has 0 aliphatic carbocycles. The predicted octanol–water partition coefficient (Wildman–Crippen LogP) is 7.10. The van der Waals surface area contributed by atoms with E-state index in [-0.39, 0.29) is 5.91 Å². The Balaban J connectivity index is 1.40. The van der Waals surface area contributed by atoms with Gasteiger partial charge < -0.3 is 10.1 Å². The summed E-state index contributed by atoms with van der Waals surface area (Å²) in [6.07, 6.45) is 1.77. The van der Waals surface area contributed by atoms with Crippen LogP contribution in [0.15, 0.2) is 119 Å². The van der Waals surface area contributed by atoms with Crippen molar-refractivity contribution in [2.75, 3.05) is 0 Å². The zero-order valence-corrected chi connectivity index (χ0v) is 20.4. The van der Waals surface area contributed by atoms with Crippen molar-refractivity contribution in [2.24, 2.45) is 4.99 Å². The van der Waals surface area contributed by atoms with Crippen molar-refractivity contribution in [3.05, 3.63) is 125 Å². The van der Waals surface area contributed by atoms with Crippen LogP contribution in [-0.4, -0.2) is 17.0 Å². The Morgan fingerprint density at radius 3 is 2.24 bits per heavy atom. The molecule has 1 fully saturated rings. The number of amides is 1. The number of carbonyl (C=O) groups excluding carboxylic acids is 2. The smallest absolute Gasteiger partial charge is 0.344 e. The number of ether oxygens (including phenoxy) is 1. The molecule has 1 heterocycles. The Morgan fingerprint density at radius 1 is 0.757 bits per heavy atom. The van der Waals surface area contributed by atoms with Crippen LogP contribution < -0.4 is 10.1 Å². The molecule has 1 saturated heterocycles. The fourth-order valence-electron chi connectivity index (χ4n) is 4.30. The largest absolute Gasteiger partial charge is 0.422 e. The minimum Gasteiger partial charge on any atom is -0.422 e. The average Bonchev–Trinajstić information content (AvgIpc) is 3.28. The first-order valence-corrected chi connectivity index (χ1v) is 12.5. The van der Waals surface area contributed by atoms with Gasteiger partial charge in [-0.25, -0.2) is 9.79 Å². The van der Waals surface area contributed by atoms with E-state index in [0.29, 0.717) is 26.9 Å². The SMILES string of the molecule is O=C1NC(=Nc2ccccc2)S/C1=C\c1c(OC(=O)c2cccc3ccccc23)ccc2ccccc12. The number of para-hydroxylation sites is 1. The lowest BCUT2D eigenvalue weighted by molar-refractivity contribution is -0.115. The fourth-order valence-corrected chi connectivity index (χ4v) is 5.13. The standard InChI is InChI=1S/C31H20N2O3S/c34-29-28(37-31(33-29)32-22-12-2-1-3-13-22)19-26-24-15-7-5-10-21(24)17-18-27(26)36-30(35)25-16-8-11-20-9-4-6-14-23(20)25/h1-19H,(H,32,33,34)/b28-19-. The molecule has 178 valence electrons. The number of aliphatic imine (C=N–C) groups is 1. The van der Waals surface area contributed by atoms with Gasteiger partial charge in [0.05, 0.1) is 16.2 Å². The van der Waals surface area contributed by atoms with Crippen LogP contribution in [0.5, 0.6) is 5.75 Å². The second-order valence-corrected chi connectivity index (χ2v) is 9.46.